The highest BCUT2D eigenvalue weighted by molar-refractivity contribution is 5.66. The number of aryl methyl sites for hydroxylation is 1. The van der Waals surface area contributed by atoms with Crippen molar-refractivity contribution in [2.75, 3.05) is 14.1 Å². The highest BCUT2D eigenvalue weighted by Gasteiger charge is 2.07. The molecule has 6 nitrogen and oxygen atoms in total. The Morgan fingerprint density at radius 3 is 2.81 bits per heavy atom. The monoisotopic (exact) mass is 227 g/mol. The molecule has 0 spiro atoms. The van der Waals surface area contributed by atoms with Crippen LogP contribution in [0.25, 0.3) is 0 Å². The Hall–Kier alpha value is -1.43. The molecular weight excluding hydrogens is 210 g/mol. The lowest BCUT2D eigenvalue weighted by Gasteiger charge is -2.03. The highest BCUT2D eigenvalue weighted by Crippen LogP contribution is 2.05. The number of carboxylic acid groups (broad SMARTS) is 1. The Bertz CT molecular complexity index is 336. The van der Waals surface area contributed by atoms with Crippen LogP contribution in [0, 0.1) is 0 Å². The van der Waals surface area contributed by atoms with E-state index in [-0.39, 0.29) is 6.42 Å². The van der Waals surface area contributed by atoms with E-state index in [1.54, 1.807) is 0 Å². The third-order valence-corrected chi connectivity index (χ3v) is 2.00. The maximum Gasteiger partial charge on any atom is 0.303 e. The van der Waals surface area contributed by atoms with Gasteiger partial charge in [-0.05, 0) is 26.9 Å². The minimum Gasteiger partial charge on any atom is -0.481 e. The fourth-order valence-electron chi connectivity index (χ4n) is 1.29. The predicted molar refractivity (Wildman–Crippen MR) is 56.9 cm³/mol. The Morgan fingerprint density at radius 1 is 1.44 bits per heavy atom. The first-order chi connectivity index (χ1) is 7.58. The van der Waals surface area contributed by atoms with Crippen LogP contribution < -0.4 is 0 Å². The van der Waals surface area contributed by atoms with Crippen molar-refractivity contribution in [2.24, 2.45) is 0 Å². The lowest BCUT2D eigenvalue weighted by molar-refractivity contribution is -0.137. The van der Waals surface area contributed by atoms with Crippen molar-refractivity contribution < 1.29 is 14.4 Å². The molecule has 0 saturated heterocycles. The molecule has 90 valence electrons. The van der Waals surface area contributed by atoms with Gasteiger partial charge >= 0.3 is 5.97 Å². The molecule has 0 aromatic carbocycles. The molecule has 0 fully saturated rings. The van der Waals surface area contributed by atoms with Crippen molar-refractivity contribution >= 4 is 5.97 Å². The summed E-state index contributed by atoms with van der Waals surface area (Å²) in [6.45, 7) is 0.651. The van der Waals surface area contributed by atoms with Crippen molar-refractivity contribution in [1.29, 1.82) is 0 Å². The zero-order valence-electron chi connectivity index (χ0n) is 9.64. The Balaban J connectivity index is 2.26. The third kappa shape index (κ3) is 4.88. The van der Waals surface area contributed by atoms with Gasteiger partial charge in [-0.25, -0.2) is 0 Å². The van der Waals surface area contributed by atoms with E-state index in [0.717, 1.165) is 6.42 Å². The van der Waals surface area contributed by atoms with Crippen LogP contribution in [0.15, 0.2) is 4.52 Å². The molecule has 0 aliphatic heterocycles. The van der Waals surface area contributed by atoms with Crippen molar-refractivity contribution in [1.82, 2.24) is 15.0 Å². The summed E-state index contributed by atoms with van der Waals surface area (Å²) in [6, 6.07) is 0. The largest absolute Gasteiger partial charge is 0.481 e. The fraction of sp³-hybridized carbons (Fsp3) is 0.700. The first-order valence-corrected chi connectivity index (χ1v) is 5.26. The molecule has 0 aliphatic carbocycles. The van der Waals surface area contributed by atoms with E-state index < -0.39 is 5.97 Å². The standard InChI is InChI=1S/C10H17N3O3/c1-13(2)7-8-11-9(16-12-8)5-3-4-6-10(14)15/h3-7H2,1-2H3,(H,14,15). The lowest BCUT2D eigenvalue weighted by Crippen LogP contribution is -2.11. The van der Waals surface area contributed by atoms with E-state index in [9.17, 15) is 4.79 Å². The molecule has 16 heavy (non-hydrogen) atoms. The van der Waals surface area contributed by atoms with E-state index >= 15 is 0 Å². The van der Waals surface area contributed by atoms with Gasteiger partial charge < -0.3 is 14.5 Å². The SMILES string of the molecule is CN(C)Cc1noc(CCCCC(=O)O)n1. The topological polar surface area (TPSA) is 79.5 Å². The lowest BCUT2D eigenvalue weighted by atomic mass is 10.2. The van der Waals surface area contributed by atoms with Gasteiger partial charge in [0.2, 0.25) is 5.89 Å². The molecule has 0 aliphatic rings. The van der Waals surface area contributed by atoms with Crippen LogP contribution in [0.1, 0.15) is 31.0 Å². The number of nitrogens with zero attached hydrogens (tertiary/aromatic N) is 3. The van der Waals surface area contributed by atoms with Crippen LogP contribution in [0.2, 0.25) is 0 Å². The van der Waals surface area contributed by atoms with Crippen molar-refractivity contribution in [3.05, 3.63) is 11.7 Å². The number of rotatable bonds is 7. The molecule has 1 N–H and O–H groups in total. The number of carbonyl (C=O) groups is 1. The molecule has 1 heterocycles. The Morgan fingerprint density at radius 2 is 2.19 bits per heavy atom. The summed E-state index contributed by atoms with van der Waals surface area (Å²) in [5.74, 6) is 0.485. The van der Waals surface area contributed by atoms with E-state index in [2.05, 4.69) is 10.1 Å². The number of hydrogen-bond acceptors (Lipinski definition) is 5. The molecule has 0 saturated carbocycles. The van der Waals surface area contributed by atoms with Gasteiger partial charge in [0.15, 0.2) is 5.82 Å². The Kier molecular flexibility index (Phi) is 4.91. The van der Waals surface area contributed by atoms with E-state index in [1.165, 1.54) is 0 Å². The first-order valence-electron chi connectivity index (χ1n) is 5.26. The van der Waals surface area contributed by atoms with Gasteiger partial charge in [0.05, 0.1) is 6.54 Å². The van der Waals surface area contributed by atoms with Gasteiger partial charge in [0.25, 0.3) is 0 Å². The molecule has 1 rings (SSSR count). The zero-order valence-corrected chi connectivity index (χ0v) is 9.64. The highest BCUT2D eigenvalue weighted by atomic mass is 16.5. The van der Waals surface area contributed by atoms with Gasteiger partial charge in [-0.3, -0.25) is 4.79 Å². The average molecular weight is 227 g/mol. The van der Waals surface area contributed by atoms with Gasteiger partial charge in [0, 0.05) is 12.8 Å². The average Bonchev–Trinajstić information content (AvgIpc) is 2.59. The van der Waals surface area contributed by atoms with Crippen LogP contribution >= 0.6 is 0 Å². The number of aliphatic carboxylic acids is 1. The minimum atomic E-state index is -0.765. The molecule has 0 unspecified atom stereocenters. The minimum absolute atomic E-state index is 0.193. The summed E-state index contributed by atoms with van der Waals surface area (Å²) in [4.78, 5) is 16.4. The van der Waals surface area contributed by atoms with Crippen LogP contribution in [0.4, 0.5) is 0 Å². The van der Waals surface area contributed by atoms with Crippen molar-refractivity contribution in [2.45, 2.75) is 32.2 Å². The quantitative estimate of drug-likeness (QED) is 0.698. The number of hydrogen-bond donors (Lipinski definition) is 1. The van der Waals surface area contributed by atoms with Crippen molar-refractivity contribution in [3.8, 4) is 0 Å². The molecule has 0 bridgehead atoms. The van der Waals surface area contributed by atoms with E-state index in [4.69, 9.17) is 9.63 Å². The smallest absolute Gasteiger partial charge is 0.303 e. The molecule has 6 heteroatoms. The van der Waals surface area contributed by atoms with Crippen LogP contribution in [0.3, 0.4) is 0 Å². The van der Waals surface area contributed by atoms with Crippen LogP contribution in [-0.2, 0) is 17.8 Å². The maximum atomic E-state index is 10.3. The second kappa shape index (κ2) is 6.22. The van der Waals surface area contributed by atoms with E-state index in [0.29, 0.717) is 31.1 Å². The predicted octanol–water partition coefficient (Wildman–Crippen LogP) is 0.929. The molecule has 0 radical (unpaired) electrons. The fourth-order valence-corrected chi connectivity index (χ4v) is 1.29. The summed E-state index contributed by atoms with van der Waals surface area (Å²) in [7, 11) is 3.87. The van der Waals surface area contributed by atoms with Gasteiger partial charge in [-0.2, -0.15) is 4.98 Å². The summed E-state index contributed by atoms with van der Waals surface area (Å²) >= 11 is 0. The first kappa shape index (κ1) is 12.6. The number of carboxylic acids is 1. The van der Waals surface area contributed by atoms with Crippen LogP contribution in [0.5, 0.6) is 0 Å². The van der Waals surface area contributed by atoms with Gasteiger partial charge in [0.1, 0.15) is 0 Å². The molecular formula is C10H17N3O3. The zero-order chi connectivity index (χ0) is 12.0. The second-order valence-corrected chi connectivity index (χ2v) is 3.94. The maximum absolute atomic E-state index is 10.3. The normalized spacial score (nSPS) is 10.9. The number of aromatic nitrogens is 2. The second-order valence-electron chi connectivity index (χ2n) is 3.94. The molecule has 1 aromatic rings. The molecule has 1 aromatic heterocycles. The summed E-state index contributed by atoms with van der Waals surface area (Å²) in [6.07, 6.45) is 2.24. The number of unbranched alkanes of at least 4 members (excludes halogenated alkanes) is 1. The van der Waals surface area contributed by atoms with Gasteiger partial charge in [-0.1, -0.05) is 5.16 Å². The van der Waals surface area contributed by atoms with Crippen LogP contribution in [-0.4, -0.2) is 40.2 Å². The summed E-state index contributed by atoms with van der Waals surface area (Å²) in [5, 5.41) is 12.3. The molecule has 0 amide bonds. The van der Waals surface area contributed by atoms with E-state index in [1.807, 2.05) is 19.0 Å². The Labute approximate surface area is 94.3 Å². The summed E-state index contributed by atoms with van der Waals surface area (Å²) < 4.78 is 5.04. The molecule has 0 atom stereocenters. The third-order valence-electron chi connectivity index (χ3n) is 2.00. The van der Waals surface area contributed by atoms with Gasteiger partial charge in [-0.15, -0.1) is 0 Å². The van der Waals surface area contributed by atoms with Crippen molar-refractivity contribution in [3.63, 3.8) is 0 Å². The summed E-state index contributed by atoms with van der Waals surface area (Å²) in [5.41, 5.74) is 0.